The quantitative estimate of drug-likeness (QED) is 0.862. The van der Waals surface area contributed by atoms with Gasteiger partial charge in [0, 0.05) is 18.7 Å². The Kier molecular flexibility index (Phi) is 4.06. The van der Waals surface area contributed by atoms with Crippen LogP contribution in [0.2, 0.25) is 0 Å². The van der Waals surface area contributed by atoms with E-state index < -0.39 is 0 Å². The van der Waals surface area contributed by atoms with Crippen molar-refractivity contribution in [3.63, 3.8) is 0 Å². The number of rotatable bonds is 5. The molecule has 0 atom stereocenters. The molecule has 96 valence electrons. The molecule has 1 saturated carbocycles. The van der Waals surface area contributed by atoms with Gasteiger partial charge in [0.05, 0.1) is 25.0 Å². The van der Waals surface area contributed by atoms with Gasteiger partial charge in [0.2, 0.25) is 0 Å². The number of aliphatic hydroxyl groups is 1. The Morgan fingerprint density at radius 2 is 2.28 bits per heavy atom. The van der Waals surface area contributed by atoms with Crippen molar-refractivity contribution in [3.05, 3.63) is 23.8 Å². The molecule has 0 spiro atoms. The number of hydrogen-bond donors (Lipinski definition) is 1. The molecule has 0 bridgehead atoms. The van der Waals surface area contributed by atoms with Gasteiger partial charge in [-0.05, 0) is 31.4 Å². The number of nitriles is 1. The van der Waals surface area contributed by atoms with Gasteiger partial charge < -0.3 is 14.7 Å². The first kappa shape index (κ1) is 12.7. The average molecular weight is 246 g/mol. The van der Waals surface area contributed by atoms with Crippen molar-refractivity contribution in [2.75, 3.05) is 25.2 Å². The smallest absolute Gasteiger partial charge is 0.121 e. The Balaban J connectivity index is 2.34. The van der Waals surface area contributed by atoms with E-state index in [9.17, 15) is 10.4 Å². The van der Waals surface area contributed by atoms with E-state index in [2.05, 4.69) is 11.0 Å². The van der Waals surface area contributed by atoms with Crippen molar-refractivity contribution in [2.45, 2.75) is 25.3 Å². The van der Waals surface area contributed by atoms with Gasteiger partial charge in [-0.1, -0.05) is 0 Å². The number of methoxy groups -OCH3 is 1. The highest BCUT2D eigenvalue weighted by Crippen LogP contribution is 2.33. The van der Waals surface area contributed by atoms with Crippen LogP contribution in [-0.2, 0) is 0 Å². The molecular formula is C14H18N2O2. The van der Waals surface area contributed by atoms with Gasteiger partial charge in [0.1, 0.15) is 11.8 Å². The van der Waals surface area contributed by atoms with Crippen LogP contribution in [0.25, 0.3) is 0 Å². The number of ether oxygens (including phenoxy) is 1. The number of nitrogens with zero attached hydrogens (tertiary/aromatic N) is 2. The Hall–Kier alpha value is -1.73. The van der Waals surface area contributed by atoms with Crippen LogP contribution in [0.4, 0.5) is 5.69 Å². The molecule has 2 rings (SSSR count). The highest BCUT2D eigenvalue weighted by atomic mass is 16.5. The van der Waals surface area contributed by atoms with Crippen LogP contribution in [0.3, 0.4) is 0 Å². The van der Waals surface area contributed by atoms with Crippen LogP contribution in [0.15, 0.2) is 18.2 Å². The lowest BCUT2D eigenvalue weighted by molar-refractivity contribution is 0.283. The van der Waals surface area contributed by atoms with E-state index in [0.717, 1.165) is 24.3 Å². The molecule has 0 saturated heterocycles. The van der Waals surface area contributed by atoms with Crippen molar-refractivity contribution in [3.8, 4) is 11.8 Å². The van der Waals surface area contributed by atoms with Crippen LogP contribution < -0.4 is 9.64 Å². The molecule has 1 aromatic rings. The molecule has 18 heavy (non-hydrogen) atoms. The van der Waals surface area contributed by atoms with E-state index in [1.54, 1.807) is 19.2 Å². The zero-order valence-corrected chi connectivity index (χ0v) is 10.6. The minimum atomic E-state index is 0.0958. The Bertz CT molecular complexity index is 450. The summed E-state index contributed by atoms with van der Waals surface area (Å²) >= 11 is 0. The first-order valence-electron chi connectivity index (χ1n) is 6.25. The second-order valence-corrected chi connectivity index (χ2v) is 4.50. The van der Waals surface area contributed by atoms with E-state index in [1.807, 2.05) is 6.07 Å². The summed E-state index contributed by atoms with van der Waals surface area (Å²) in [5.74, 6) is 0.742. The number of hydrogen-bond acceptors (Lipinski definition) is 4. The van der Waals surface area contributed by atoms with Gasteiger partial charge in [0.25, 0.3) is 0 Å². The van der Waals surface area contributed by atoms with Gasteiger partial charge in [-0.2, -0.15) is 5.26 Å². The average Bonchev–Trinajstić information content (AvgIpc) is 2.35. The van der Waals surface area contributed by atoms with Crippen LogP contribution >= 0.6 is 0 Å². The summed E-state index contributed by atoms with van der Waals surface area (Å²) < 4.78 is 5.22. The van der Waals surface area contributed by atoms with E-state index in [0.29, 0.717) is 18.2 Å². The van der Waals surface area contributed by atoms with Crippen molar-refractivity contribution in [1.82, 2.24) is 0 Å². The minimum absolute atomic E-state index is 0.0958. The highest BCUT2D eigenvalue weighted by Gasteiger charge is 2.26. The summed E-state index contributed by atoms with van der Waals surface area (Å²) in [5, 5.41) is 18.4. The number of aliphatic hydroxyl groups excluding tert-OH is 1. The van der Waals surface area contributed by atoms with Gasteiger partial charge in [-0.15, -0.1) is 0 Å². The Labute approximate surface area is 107 Å². The van der Waals surface area contributed by atoms with Crippen LogP contribution in [0, 0.1) is 11.3 Å². The summed E-state index contributed by atoms with van der Waals surface area (Å²) in [6.07, 6.45) is 3.47. The van der Waals surface area contributed by atoms with Crippen LogP contribution in [-0.4, -0.2) is 31.4 Å². The SMILES string of the molecule is COc1ccc(C#N)c(N(CCO)C2CCC2)c1. The third-order valence-electron chi connectivity index (χ3n) is 3.49. The van der Waals surface area contributed by atoms with E-state index in [-0.39, 0.29) is 6.61 Å². The van der Waals surface area contributed by atoms with Gasteiger partial charge in [-0.25, -0.2) is 0 Å². The van der Waals surface area contributed by atoms with Crippen molar-refractivity contribution >= 4 is 5.69 Å². The zero-order valence-electron chi connectivity index (χ0n) is 10.6. The molecule has 0 radical (unpaired) electrons. The molecule has 0 amide bonds. The summed E-state index contributed by atoms with van der Waals surface area (Å²) in [4.78, 5) is 2.13. The van der Waals surface area contributed by atoms with Crippen molar-refractivity contribution in [2.24, 2.45) is 0 Å². The highest BCUT2D eigenvalue weighted by molar-refractivity contribution is 5.63. The molecule has 4 heteroatoms. The second kappa shape index (κ2) is 5.74. The van der Waals surface area contributed by atoms with Gasteiger partial charge in [0.15, 0.2) is 0 Å². The topological polar surface area (TPSA) is 56.5 Å². The molecule has 0 aliphatic heterocycles. The van der Waals surface area contributed by atoms with Gasteiger partial charge in [-0.3, -0.25) is 0 Å². The maximum absolute atomic E-state index is 9.20. The zero-order chi connectivity index (χ0) is 13.0. The number of benzene rings is 1. The molecule has 0 heterocycles. The predicted octanol–water partition coefficient (Wildman–Crippen LogP) is 1.92. The maximum atomic E-state index is 9.20. The van der Waals surface area contributed by atoms with E-state index >= 15 is 0 Å². The van der Waals surface area contributed by atoms with Crippen molar-refractivity contribution in [1.29, 1.82) is 5.26 Å². The molecule has 0 aromatic heterocycles. The third kappa shape index (κ3) is 2.41. The molecule has 1 aromatic carbocycles. The summed E-state index contributed by atoms with van der Waals surface area (Å²) in [5.41, 5.74) is 1.51. The summed E-state index contributed by atoms with van der Waals surface area (Å²) in [7, 11) is 1.62. The van der Waals surface area contributed by atoms with Crippen LogP contribution in [0.5, 0.6) is 5.75 Å². The molecular weight excluding hydrogens is 228 g/mol. The van der Waals surface area contributed by atoms with E-state index in [4.69, 9.17) is 4.74 Å². The molecule has 4 nitrogen and oxygen atoms in total. The lowest BCUT2D eigenvalue weighted by Gasteiger charge is -2.39. The lowest BCUT2D eigenvalue weighted by Crippen LogP contribution is -2.42. The summed E-state index contributed by atoms with van der Waals surface area (Å²) in [6.45, 7) is 0.658. The molecule has 1 N–H and O–H groups in total. The normalized spacial score (nSPS) is 14.7. The largest absolute Gasteiger partial charge is 0.497 e. The fraction of sp³-hybridized carbons (Fsp3) is 0.500. The predicted molar refractivity (Wildman–Crippen MR) is 69.8 cm³/mol. The van der Waals surface area contributed by atoms with Crippen molar-refractivity contribution < 1.29 is 9.84 Å². The monoisotopic (exact) mass is 246 g/mol. The molecule has 0 unspecified atom stereocenters. The fourth-order valence-electron chi connectivity index (χ4n) is 2.28. The second-order valence-electron chi connectivity index (χ2n) is 4.50. The summed E-state index contributed by atoms with van der Waals surface area (Å²) in [6, 6.07) is 8.10. The van der Waals surface area contributed by atoms with E-state index in [1.165, 1.54) is 6.42 Å². The third-order valence-corrected chi connectivity index (χ3v) is 3.49. The first-order chi connectivity index (χ1) is 8.80. The number of anilines is 1. The standard InChI is InChI=1S/C14H18N2O2/c1-18-13-6-5-11(10-15)14(9-13)16(7-8-17)12-3-2-4-12/h5-6,9,12,17H,2-4,7-8H2,1H3. The minimum Gasteiger partial charge on any atom is -0.497 e. The maximum Gasteiger partial charge on any atom is 0.121 e. The first-order valence-corrected chi connectivity index (χ1v) is 6.25. The fourth-order valence-corrected chi connectivity index (χ4v) is 2.28. The van der Waals surface area contributed by atoms with Crippen LogP contribution in [0.1, 0.15) is 24.8 Å². The Morgan fingerprint density at radius 3 is 2.78 bits per heavy atom. The Morgan fingerprint density at radius 1 is 1.50 bits per heavy atom. The molecule has 1 fully saturated rings. The van der Waals surface area contributed by atoms with Gasteiger partial charge >= 0.3 is 0 Å². The molecule has 1 aliphatic rings. The molecule has 1 aliphatic carbocycles. The lowest BCUT2D eigenvalue weighted by atomic mass is 9.90.